The molecule has 0 aliphatic carbocycles. The van der Waals surface area contributed by atoms with Gasteiger partial charge in [-0.3, -0.25) is 9.78 Å². The summed E-state index contributed by atoms with van der Waals surface area (Å²) < 4.78 is 49.6. The zero-order chi connectivity index (χ0) is 28.5. The molecule has 0 amide bonds. The number of rotatable bonds is 9. The first-order valence-corrected chi connectivity index (χ1v) is 12.6. The fraction of sp³-hybridized carbons (Fsp3) is 0.300. The topological polar surface area (TPSA) is 77.1 Å². The highest BCUT2D eigenvalue weighted by Gasteiger charge is 2.33. The Morgan fingerprint density at radius 2 is 1.54 bits per heavy atom. The van der Waals surface area contributed by atoms with Crippen LogP contribution in [0.5, 0.6) is 5.75 Å². The molecule has 4 rings (SSSR count). The number of nitrogens with one attached hydrogen (secondary N) is 1. The number of carbonyl (C=O) groups excluding carboxylic acids is 1. The molecule has 0 bridgehead atoms. The summed E-state index contributed by atoms with van der Waals surface area (Å²) in [5.74, 6) is 0.458. The number of esters is 1. The van der Waals surface area contributed by atoms with Crippen molar-refractivity contribution in [3.05, 3.63) is 90.4 Å². The van der Waals surface area contributed by atoms with E-state index < -0.39 is 17.3 Å². The summed E-state index contributed by atoms with van der Waals surface area (Å²) in [5, 5.41) is 0. The zero-order valence-electron chi connectivity index (χ0n) is 22.4. The number of H-pyrrole nitrogens is 1. The van der Waals surface area contributed by atoms with Crippen molar-refractivity contribution in [3.63, 3.8) is 0 Å². The van der Waals surface area contributed by atoms with Crippen molar-refractivity contribution in [1.82, 2.24) is 15.0 Å². The van der Waals surface area contributed by atoms with E-state index in [1.807, 2.05) is 70.2 Å². The molecule has 0 aliphatic heterocycles. The number of aromatic nitrogens is 3. The second-order valence-electron chi connectivity index (χ2n) is 9.14. The molecule has 39 heavy (non-hydrogen) atoms. The first-order valence-electron chi connectivity index (χ1n) is 12.6. The summed E-state index contributed by atoms with van der Waals surface area (Å²) in [6.45, 7) is 8.23. The average molecular weight is 540 g/mol. The van der Waals surface area contributed by atoms with Crippen molar-refractivity contribution in [2.75, 3.05) is 6.61 Å². The van der Waals surface area contributed by atoms with E-state index in [9.17, 15) is 18.0 Å². The van der Waals surface area contributed by atoms with E-state index in [1.54, 1.807) is 24.3 Å². The molecule has 0 spiro atoms. The van der Waals surface area contributed by atoms with Gasteiger partial charge in [-0.15, -0.1) is 0 Å². The van der Waals surface area contributed by atoms with E-state index in [1.165, 1.54) is 6.20 Å². The smallest absolute Gasteiger partial charge is 0.432 e. The average Bonchev–Trinajstić information content (AvgIpc) is 3.45. The maximum Gasteiger partial charge on any atom is 0.432 e. The Morgan fingerprint density at radius 3 is 2.13 bits per heavy atom. The Bertz CT molecular complexity index is 1320. The van der Waals surface area contributed by atoms with E-state index in [-0.39, 0.29) is 18.4 Å². The van der Waals surface area contributed by atoms with Crippen LogP contribution in [0.2, 0.25) is 0 Å². The Morgan fingerprint density at radius 1 is 0.872 bits per heavy atom. The van der Waals surface area contributed by atoms with Gasteiger partial charge in [0.1, 0.15) is 23.9 Å². The van der Waals surface area contributed by atoms with Crippen LogP contribution in [0.4, 0.5) is 13.2 Å². The van der Waals surface area contributed by atoms with Crippen molar-refractivity contribution in [2.45, 2.75) is 46.9 Å². The van der Waals surface area contributed by atoms with Gasteiger partial charge in [-0.25, -0.2) is 4.98 Å². The monoisotopic (exact) mass is 539 g/mol. The van der Waals surface area contributed by atoms with Crippen LogP contribution in [-0.2, 0) is 22.3 Å². The van der Waals surface area contributed by atoms with E-state index in [2.05, 4.69) is 15.0 Å². The summed E-state index contributed by atoms with van der Waals surface area (Å²) in [5.41, 5.74) is 1.25. The highest BCUT2D eigenvalue weighted by atomic mass is 19.4. The summed E-state index contributed by atoms with van der Waals surface area (Å²) in [6.07, 6.45) is -1.77. The number of benzene rings is 2. The molecule has 4 aromatic rings. The highest BCUT2D eigenvalue weighted by Crippen LogP contribution is 2.30. The quantitative estimate of drug-likeness (QED) is 0.220. The van der Waals surface area contributed by atoms with E-state index in [4.69, 9.17) is 9.47 Å². The summed E-state index contributed by atoms with van der Waals surface area (Å²) in [4.78, 5) is 22.9. The van der Waals surface area contributed by atoms with Gasteiger partial charge in [0.15, 0.2) is 0 Å². The van der Waals surface area contributed by atoms with Gasteiger partial charge in [0.05, 0.1) is 23.9 Å². The maximum atomic E-state index is 12.8. The molecule has 0 aliphatic rings. The normalized spacial score (nSPS) is 11.4. The minimum atomic E-state index is -4.48. The van der Waals surface area contributed by atoms with Gasteiger partial charge in [-0.1, -0.05) is 44.2 Å². The lowest BCUT2D eigenvalue weighted by molar-refractivity contribution is -0.156. The Hall–Kier alpha value is -4.14. The van der Waals surface area contributed by atoms with Gasteiger partial charge in [0, 0.05) is 17.3 Å². The summed E-state index contributed by atoms with van der Waals surface area (Å²) in [7, 11) is 0. The van der Waals surface area contributed by atoms with E-state index in [0.29, 0.717) is 30.0 Å². The molecule has 206 valence electrons. The third-order valence-electron chi connectivity index (χ3n) is 5.83. The summed E-state index contributed by atoms with van der Waals surface area (Å²) in [6, 6.07) is 20.2. The fourth-order valence-corrected chi connectivity index (χ4v) is 3.48. The van der Waals surface area contributed by atoms with Crippen molar-refractivity contribution < 1.29 is 27.4 Å². The molecule has 0 saturated carbocycles. The van der Waals surface area contributed by atoms with Crippen LogP contribution in [-0.4, -0.2) is 27.5 Å². The molecule has 0 fully saturated rings. The van der Waals surface area contributed by atoms with Gasteiger partial charge in [-0.05, 0) is 62.2 Å². The summed E-state index contributed by atoms with van der Waals surface area (Å²) >= 11 is 0. The van der Waals surface area contributed by atoms with E-state index in [0.717, 1.165) is 17.3 Å². The molecule has 0 atom stereocenters. The lowest BCUT2D eigenvalue weighted by Gasteiger charge is -2.22. The number of alkyl halides is 3. The molecule has 0 unspecified atom stereocenters. The van der Waals surface area contributed by atoms with Crippen LogP contribution >= 0.6 is 0 Å². The van der Waals surface area contributed by atoms with Crippen LogP contribution in [0.1, 0.15) is 45.4 Å². The van der Waals surface area contributed by atoms with Gasteiger partial charge >= 0.3 is 12.1 Å². The molecule has 2 aromatic carbocycles. The SMILES string of the molecule is CC.CC(C)(CCOc1ccc(-c2ccc(-c3ncc(C(F)(F)F)[nH]3)cn2)cc1)C(=O)OCc1ccccc1. The number of nitrogens with zero attached hydrogens (tertiary/aromatic N) is 2. The highest BCUT2D eigenvalue weighted by molar-refractivity contribution is 5.75. The zero-order valence-corrected chi connectivity index (χ0v) is 22.4. The van der Waals surface area contributed by atoms with Gasteiger partial charge in [0.2, 0.25) is 0 Å². The molecule has 9 heteroatoms. The molecule has 6 nitrogen and oxygen atoms in total. The second-order valence-corrected chi connectivity index (χ2v) is 9.14. The standard InChI is InChI=1S/C28H26F3N3O3.C2H6/c1-27(2,26(35)37-18-19-6-4-3-5-7-19)14-15-36-22-11-8-20(9-12-22)23-13-10-21(16-32-23)25-33-17-24(34-25)28(29,30)31;1-2/h3-13,16-17H,14-15,18H2,1-2H3,(H,33,34);1-2H3. The third kappa shape index (κ3) is 8.17. The number of carbonyl (C=O) groups is 1. The Balaban J connectivity index is 0.00000205. The predicted octanol–water partition coefficient (Wildman–Crippen LogP) is 7.72. The Labute approximate surface area is 226 Å². The Kier molecular flexibility index (Phi) is 9.87. The van der Waals surface area contributed by atoms with Crippen LogP contribution in [0.15, 0.2) is 79.1 Å². The van der Waals surface area contributed by atoms with E-state index >= 15 is 0 Å². The van der Waals surface area contributed by atoms with Crippen LogP contribution in [0.25, 0.3) is 22.6 Å². The molecule has 2 aromatic heterocycles. The lowest BCUT2D eigenvalue weighted by atomic mass is 9.90. The molecule has 0 saturated heterocycles. The number of hydrogen-bond acceptors (Lipinski definition) is 5. The minimum Gasteiger partial charge on any atom is -0.494 e. The van der Waals surface area contributed by atoms with Crippen molar-refractivity contribution in [2.24, 2.45) is 5.41 Å². The largest absolute Gasteiger partial charge is 0.494 e. The van der Waals surface area contributed by atoms with Gasteiger partial charge < -0.3 is 14.5 Å². The number of halogens is 3. The number of ether oxygens (including phenoxy) is 2. The molecular formula is C30H32F3N3O3. The first-order chi connectivity index (χ1) is 18.6. The predicted molar refractivity (Wildman–Crippen MR) is 144 cm³/mol. The van der Waals surface area contributed by atoms with Crippen LogP contribution in [0.3, 0.4) is 0 Å². The number of imidazole rings is 1. The van der Waals surface area contributed by atoms with Gasteiger partial charge in [0.25, 0.3) is 0 Å². The molecule has 0 radical (unpaired) electrons. The van der Waals surface area contributed by atoms with Crippen LogP contribution in [0, 0.1) is 5.41 Å². The second kappa shape index (κ2) is 13.1. The molecular weight excluding hydrogens is 507 g/mol. The molecule has 1 N–H and O–H groups in total. The van der Waals surface area contributed by atoms with Crippen molar-refractivity contribution in [3.8, 4) is 28.4 Å². The van der Waals surface area contributed by atoms with Crippen molar-refractivity contribution in [1.29, 1.82) is 0 Å². The third-order valence-corrected chi connectivity index (χ3v) is 5.83. The lowest BCUT2D eigenvalue weighted by Crippen LogP contribution is -2.28. The van der Waals surface area contributed by atoms with Crippen molar-refractivity contribution >= 4 is 5.97 Å². The number of pyridine rings is 1. The van der Waals surface area contributed by atoms with Gasteiger partial charge in [-0.2, -0.15) is 13.2 Å². The minimum absolute atomic E-state index is 0.0991. The first kappa shape index (κ1) is 29.4. The number of aromatic amines is 1. The maximum absolute atomic E-state index is 12.8. The van der Waals surface area contributed by atoms with Crippen LogP contribution < -0.4 is 4.74 Å². The molecule has 2 heterocycles. The fourth-order valence-electron chi connectivity index (χ4n) is 3.48. The number of hydrogen-bond donors (Lipinski definition) is 1.